The second kappa shape index (κ2) is 5.68. The number of imidazole rings is 1. The number of nitrogen functional groups attached to an aromatic ring is 1. The van der Waals surface area contributed by atoms with Gasteiger partial charge in [0, 0.05) is 35.9 Å². The molecular weight excluding hydrogens is 310 g/mol. The van der Waals surface area contributed by atoms with Crippen LogP contribution in [0.1, 0.15) is 34.1 Å². The van der Waals surface area contributed by atoms with Gasteiger partial charge in [0.25, 0.3) is 5.91 Å². The normalized spacial score (nSPS) is 17.3. The predicted molar refractivity (Wildman–Crippen MR) is 90.9 cm³/mol. The van der Waals surface area contributed by atoms with Crippen LogP contribution < -0.4 is 16.2 Å². The average Bonchev–Trinajstić information content (AvgIpc) is 3.13. The maximum Gasteiger partial charge on any atom is 0.275 e. The molecule has 1 aliphatic carbocycles. The van der Waals surface area contributed by atoms with Gasteiger partial charge in [-0.1, -0.05) is 0 Å². The van der Waals surface area contributed by atoms with Crippen molar-refractivity contribution in [3.63, 3.8) is 0 Å². The number of nitrogens with two attached hydrogens (primary N) is 1. The lowest BCUT2D eigenvalue weighted by Crippen LogP contribution is -2.29. The first kappa shape index (κ1) is 14.2. The molecule has 2 aromatic rings. The minimum atomic E-state index is -0.260. The zero-order valence-corrected chi connectivity index (χ0v) is 13.3. The van der Waals surface area contributed by atoms with E-state index in [0.29, 0.717) is 10.8 Å². The Kier molecular flexibility index (Phi) is 3.51. The number of hydrazine groups is 1. The van der Waals surface area contributed by atoms with Crippen molar-refractivity contribution in [2.45, 2.75) is 18.8 Å². The van der Waals surface area contributed by atoms with Crippen molar-refractivity contribution >= 4 is 28.6 Å². The Bertz CT molecular complexity index is 799. The fourth-order valence-corrected chi connectivity index (χ4v) is 3.41. The van der Waals surface area contributed by atoms with Gasteiger partial charge in [-0.25, -0.2) is 10.8 Å². The standard InChI is InChI=1S/C16H17N5OS/c17-19-16(22)15-7-13(9-23-15)20-5-3-12(4-6-20)21-8-14(18-10-21)11-1-2-11/h3-5,7-11H,1-2,6,17H2,(H,19,22). The van der Waals surface area contributed by atoms with Crippen molar-refractivity contribution in [3.05, 3.63) is 52.9 Å². The molecule has 0 unspecified atom stereocenters. The summed E-state index contributed by atoms with van der Waals surface area (Å²) in [4.78, 5) is 18.7. The van der Waals surface area contributed by atoms with Crippen LogP contribution in [0.5, 0.6) is 0 Å². The molecule has 2 aromatic heterocycles. The molecule has 1 amide bonds. The number of allylic oxidation sites excluding steroid dienone is 2. The number of nitrogens with one attached hydrogen (secondary N) is 1. The van der Waals surface area contributed by atoms with Crippen LogP contribution in [0.2, 0.25) is 0 Å². The smallest absolute Gasteiger partial charge is 0.275 e. The van der Waals surface area contributed by atoms with Crippen LogP contribution in [0, 0.1) is 0 Å². The maximum absolute atomic E-state index is 11.5. The van der Waals surface area contributed by atoms with Crippen LogP contribution in [0.3, 0.4) is 0 Å². The van der Waals surface area contributed by atoms with Crippen molar-refractivity contribution in [1.29, 1.82) is 0 Å². The summed E-state index contributed by atoms with van der Waals surface area (Å²) in [5.74, 6) is 5.57. The largest absolute Gasteiger partial charge is 0.343 e. The fourth-order valence-electron chi connectivity index (χ4n) is 2.61. The van der Waals surface area contributed by atoms with Crippen molar-refractivity contribution in [2.75, 3.05) is 11.4 Å². The van der Waals surface area contributed by atoms with Crippen LogP contribution in [0.4, 0.5) is 5.69 Å². The molecular formula is C16H17N5OS. The van der Waals surface area contributed by atoms with Gasteiger partial charge in [0.05, 0.1) is 22.6 Å². The zero-order valence-electron chi connectivity index (χ0n) is 12.5. The second-order valence-corrected chi connectivity index (χ2v) is 6.63. The van der Waals surface area contributed by atoms with E-state index in [9.17, 15) is 4.79 Å². The lowest BCUT2D eigenvalue weighted by molar-refractivity contribution is 0.0957. The van der Waals surface area contributed by atoms with Crippen molar-refractivity contribution in [3.8, 4) is 0 Å². The highest BCUT2D eigenvalue weighted by molar-refractivity contribution is 7.12. The number of thiophene rings is 1. The van der Waals surface area contributed by atoms with E-state index in [4.69, 9.17) is 5.84 Å². The summed E-state index contributed by atoms with van der Waals surface area (Å²) in [5, 5.41) is 1.95. The first-order chi connectivity index (χ1) is 11.2. The third-order valence-electron chi connectivity index (χ3n) is 4.09. The Morgan fingerprint density at radius 1 is 1.43 bits per heavy atom. The summed E-state index contributed by atoms with van der Waals surface area (Å²) in [6.07, 6.45) is 12.8. The number of amides is 1. The van der Waals surface area contributed by atoms with Crippen LogP contribution in [0.15, 0.2) is 42.3 Å². The van der Waals surface area contributed by atoms with E-state index in [1.54, 1.807) is 0 Å². The van der Waals surface area contributed by atoms with Gasteiger partial charge in [-0.2, -0.15) is 0 Å². The van der Waals surface area contributed by atoms with E-state index in [1.165, 1.54) is 29.9 Å². The molecule has 0 spiro atoms. The number of nitrogens with zero attached hydrogens (tertiary/aromatic N) is 3. The Hall–Kier alpha value is -2.38. The Balaban J connectivity index is 1.47. The summed E-state index contributed by atoms with van der Waals surface area (Å²) < 4.78 is 2.07. The molecule has 1 aliphatic heterocycles. The fraction of sp³-hybridized carbons (Fsp3) is 0.250. The first-order valence-electron chi connectivity index (χ1n) is 7.53. The minimum absolute atomic E-state index is 0.260. The molecule has 2 aliphatic rings. The number of aromatic nitrogens is 2. The second-order valence-electron chi connectivity index (χ2n) is 5.72. The third-order valence-corrected chi connectivity index (χ3v) is 5.01. The molecule has 23 heavy (non-hydrogen) atoms. The van der Waals surface area contributed by atoms with Gasteiger partial charge in [-0.15, -0.1) is 11.3 Å². The van der Waals surface area contributed by atoms with E-state index < -0.39 is 0 Å². The molecule has 3 N–H and O–H groups in total. The van der Waals surface area contributed by atoms with Gasteiger partial charge < -0.3 is 9.47 Å². The predicted octanol–water partition coefficient (Wildman–Crippen LogP) is 2.30. The molecule has 0 atom stereocenters. The monoisotopic (exact) mass is 327 g/mol. The highest BCUT2D eigenvalue weighted by Gasteiger charge is 2.26. The SMILES string of the molecule is NNC(=O)c1cc(N2C=CC(n3cnc(C4CC4)c3)=CC2)cs1. The van der Waals surface area contributed by atoms with E-state index in [1.807, 2.05) is 24.0 Å². The maximum atomic E-state index is 11.5. The number of carbonyl (C=O) groups is 1. The molecule has 4 rings (SSSR count). The highest BCUT2D eigenvalue weighted by Crippen LogP contribution is 2.39. The van der Waals surface area contributed by atoms with Crippen molar-refractivity contribution in [1.82, 2.24) is 15.0 Å². The van der Waals surface area contributed by atoms with E-state index in [2.05, 4.69) is 38.2 Å². The number of carbonyl (C=O) groups excluding carboxylic acids is 1. The van der Waals surface area contributed by atoms with Gasteiger partial charge in [-0.05, 0) is 31.1 Å². The molecule has 7 heteroatoms. The summed E-state index contributed by atoms with van der Waals surface area (Å²) in [6.45, 7) is 0.753. The van der Waals surface area contributed by atoms with E-state index in [-0.39, 0.29) is 5.91 Å². The molecule has 1 fully saturated rings. The van der Waals surface area contributed by atoms with Gasteiger partial charge in [0.15, 0.2) is 0 Å². The van der Waals surface area contributed by atoms with E-state index >= 15 is 0 Å². The number of hydrogen-bond donors (Lipinski definition) is 2. The molecule has 1 saturated carbocycles. The lowest BCUT2D eigenvalue weighted by Gasteiger charge is -2.21. The molecule has 3 heterocycles. The highest BCUT2D eigenvalue weighted by atomic mass is 32.1. The molecule has 0 aromatic carbocycles. The van der Waals surface area contributed by atoms with Crippen LogP contribution in [0.25, 0.3) is 5.70 Å². The lowest BCUT2D eigenvalue weighted by atomic mass is 10.2. The number of anilines is 1. The Morgan fingerprint density at radius 3 is 3.00 bits per heavy atom. The topological polar surface area (TPSA) is 76.2 Å². The van der Waals surface area contributed by atoms with Gasteiger partial charge >= 0.3 is 0 Å². The third kappa shape index (κ3) is 2.80. The van der Waals surface area contributed by atoms with Crippen LogP contribution in [-0.2, 0) is 0 Å². The van der Waals surface area contributed by atoms with E-state index in [0.717, 1.165) is 17.9 Å². The zero-order chi connectivity index (χ0) is 15.8. The summed E-state index contributed by atoms with van der Waals surface area (Å²) in [7, 11) is 0. The summed E-state index contributed by atoms with van der Waals surface area (Å²) in [6, 6.07) is 1.85. The molecule has 118 valence electrons. The Morgan fingerprint density at radius 2 is 2.30 bits per heavy atom. The van der Waals surface area contributed by atoms with Crippen molar-refractivity contribution < 1.29 is 4.79 Å². The minimum Gasteiger partial charge on any atom is -0.343 e. The number of hydrogen-bond acceptors (Lipinski definition) is 5. The summed E-state index contributed by atoms with van der Waals surface area (Å²) >= 11 is 1.38. The Labute approximate surface area is 137 Å². The van der Waals surface area contributed by atoms with Gasteiger partial charge in [-0.3, -0.25) is 10.2 Å². The molecule has 0 radical (unpaired) electrons. The van der Waals surface area contributed by atoms with Crippen LogP contribution in [-0.4, -0.2) is 22.0 Å². The summed E-state index contributed by atoms with van der Waals surface area (Å²) in [5.41, 5.74) is 5.46. The molecule has 6 nitrogen and oxygen atoms in total. The van der Waals surface area contributed by atoms with Gasteiger partial charge in [0.2, 0.25) is 0 Å². The number of rotatable bonds is 4. The van der Waals surface area contributed by atoms with Gasteiger partial charge in [0.1, 0.15) is 0 Å². The van der Waals surface area contributed by atoms with Crippen LogP contribution >= 0.6 is 11.3 Å². The molecule has 0 bridgehead atoms. The van der Waals surface area contributed by atoms with Crippen molar-refractivity contribution in [2.24, 2.45) is 5.84 Å². The average molecular weight is 327 g/mol. The first-order valence-corrected chi connectivity index (χ1v) is 8.41. The quantitative estimate of drug-likeness (QED) is 0.513. The molecule has 0 saturated heterocycles.